The van der Waals surface area contributed by atoms with Crippen molar-refractivity contribution in [1.29, 1.82) is 0 Å². The number of amides is 2. The molecule has 0 aliphatic rings. The van der Waals surface area contributed by atoms with Gasteiger partial charge in [0.1, 0.15) is 12.3 Å². The van der Waals surface area contributed by atoms with E-state index in [4.69, 9.17) is 4.74 Å². The lowest BCUT2D eigenvalue weighted by molar-refractivity contribution is -0.117. The first-order valence-electron chi connectivity index (χ1n) is 9.38. The summed E-state index contributed by atoms with van der Waals surface area (Å²) in [6.07, 6.45) is 0.817. The Balaban J connectivity index is 1.86. The number of ether oxygens (including phenoxy) is 1. The van der Waals surface area contributed by atoms with Crippen molar-refractivity contribution in [3.63, 3.8) is 0 Å². The Bertz CT molecular complexity index is 1110. The summed E-state index contributed by atoms with van der Waals surface area (Å²) in [5.74, 6) is -0.107. The van der Waals surface area contributed by atoms with Gasteiger partial charge in [-0.3, -0.25) is 18.7 Å². The van der Waals surface area contributed by atoms with Crippen molar-refractivity contribution in [2.45, 2.75) is 33.4 Å². The summed E-state index contributed by atoms with van der Waals surface area (Å²) in [5.41, 5.74) is 2.26. The maximum Gasteiger partial charge on any atom is 0.329 e. The van der Waals surface area contributed by atoms with Crippen LogP contribution in [-0.4, -0.2) is 28.1 Å². The van der Waals surface area contributed by atoms with Gasteiger partial charge in [0, 0.05) is 19.2 Å². The molecule has 1 aromatic heterocycles. The van der Waals surface area contributed by atoms with Crippen LogP contribution in [0.3, 0.4) is 0 Å². The standard InChI is InChI=1S/C21H24N4O4/c1-4-11-24-17-7-5-6-8-18(17)25(21(24)28)13-20(27)23-15-9-10-19(29-3)16(12-15)22-14(2)26/h5-10,12H,4,11,13H2,1-3H3,(H,22,26)(H,23,27). The largest absolute Gasteiger partial charge is 0.495 e. The first-order chi connectivity index (χ1) is 13.9. The lowest BCUT2D eigenvalue weighted by Gasteiger charge is -2.12. The van der Waals surface area contributed by atoms with Crippen LogP contribution < -0.4 is 21.1 Å². The minimum absolute atomic E-state index is 0.114. The summed E-state index contributed by atoms with van der Waals surface area (Å²) < 4.78 is 8.37. The van der Waals surface area contributed by atoms with Crippen LogP contribution >= 0.6 is 0 Å². The Morgan fingerprint density at radius 1 is 1.03 bits per heavy atom. The molecule has 0 aliphatic carbocycles. The Hall–Kier alpha value is -3.55. The minimum atomic E-state index is -0.342. The summed E-state index contributed by atoms with van der Waals surface area (Å²) in [5, 5.41) is 5.44. The molecule has 2 amide bonds. The van der Waals surface area contributed by atoms with Crippen LogP contribution in [-0.2, 0) is 22.7 Å². The molecule has 0 unspecified atom stereocenters. The van der Waals surface area contributed by atoms with E-state index < -0.39 is 0 Å². The molecule has 0 saturated carbocycles. The van der Waals surface area contributed by atoms with Crippen molar-refractivity contribution < 1.29 is 14.3 Å². The number of benzene rings is 2. The van der Waals surface area contributed by atoms with E-state index in [0.29, 0.717) is 23.7 Å². The van der Waals surface area contributed by atoms with Crippen molar-refractivity contribution in [2.24, 2.45) is 0 Å². The molecule has 3 aromatic rings. The number of aryl methyl sites for hydroxylation is 1. The topological polar surface area (TPSA) is 94.4 Å². The number of anilines is 2. The highest BCUT2D eigenvalue weighted by molar-refractivity contribution is 5.95. The lowest BCUT2D eigenvalue weighted by Crippen LogP contribution is -2.29. The van der Waals surface area contributed by atoms with Crippen molar-refractivity contribution >= 4 is 34.2 Å². The van der Waals surface area contributed by atoms with Crippen LogP contribution in [0.5, 0.6) is 5.75 Å². The van der Waals surface area contributed by atoms with E-state index in [1.165, 1.54) is 18.6 Å². The fourth-order valence-corrected chi connectivity index (χ4v) is 3.28. The monoisotopic (exact) mass is 396 g/mol. The third-order valence-electron chi connectivity index (χ3n) is 4.47. The number of carbonyl (C=O) groups excluding carboxylic acids is 2. The van der Waals surface area contributed by atoms with E-state index in [2.05, 4.69) is 10.6 Å². The number of carbonyl (C=O) groups is 2. The zero-order valence-corrected chi connectivity index (χ0v) is 16.7. The number of nitrogens with zero attached hydrogens (tertiary/aromatic N) is 2. The number of hydrogen-bond donors (Lipinski definition) is 2. The van der Waals surface area contributed by atoms with Gasteiger partial charge in [-0.05, 0) is 36.8 Å². The molecule has 8 nitrogen and oxygen atoms in total. The van der Waals surface area contributed by atoms with Crippen molar-refractivity contribution in [3.05, 3.63) is 52.9 Å². The van der Waals surface area contributed by atoms with Gasteiger partial charge in [-0.1, -0.05) is 19.1 Å². The third kappa shape index (κ3) is 4.31. The maximum absolute atomic E-state index is 12.8. The molecule has 152 valence electrons. The van der Waals surface area contributed by atoms with Gasteiger partial charge in [0.25, 0.3) is 0 Å². The van der Waals surface area contributed by atoms with Crippen molar-refractivity contribution in [2.75, 3.05) is 17.7 Å². The van der Waals surface area contributed by atoms with E-state index in [0.717, 1.165) is 17.5 Å². The Morgan fingerprint density at radius 2 is 1.72 bits per heavy atom. The Morgan fingerprint density at radius 3 is 2.34 bits per heavy atom. The molecule has 0 fully saturated rings. The fourth-order valence-electron chi connectivity index (χ4n) is 3.28. The molecular weight excluding hydrogens is 372 g/mol. The molecule has 0 aliphatic heterocycles. The predicted octanol–water partition coefficient (Wildman–Crippen LogP) is 2.82. The first kappa shape index (κ1) is 20.2. The van der Waals surface area contributed by atoms with E-state index in [-0.39, 0.29) is 24.0 Å². The molecule has 3 rings (SSSR count). The predicted molar refractivity (Wildman–Crippen MR) is 112 cm³/mol. The molecule has 0 bridgehead atoms. The number of nitrogens with one attached hydrogen (secondary N) is 2. The summed E-state index contributed by atoms with van der Waals surface area (Å²) in [4.78, 5) is 36.8. The van der Waals surface area contributed by atoms with Gasteiger partial charge in [-0.15, -0.1) is 0 Å². The summed E-state index contributed by atoms with van der Waals surface area (Å²) >= 11 is 0. The van der Waals surface area contributed by atoms with Gasteiger partial charge in [0.15, 0.2) is 0 Å². The van der Waals surface area contributed by atoms with Crippen LogP contribution in [0.1, 0.15) is 20.3 Å². The number of imidazole rings is 1. The maximum atomic E-state index is 12.8. The molecule has 2 N–H and O–H groups in total. The fraction of sp³-hybridized carbons (Fsp3) is 0.286. The second kappa shape index (κ2) is 8.64. The zero-order chi connectivity index (χ0) is 21.0. The average molecular weight is 396 g/mol. The Labute approximate surface area is 168 Å². The van der Waals surface area contributed by atoms with E-state index >= 15 is 0 Å². The van der Waals surface area contributed by atoms with Crippen LogP contribution in [0.2, 0.25) is 0 Å². The van der Waals surface area contributed by atoms with Crippen LogP contribution in [0.15, 0.2) is 47.3 Å². The van der Waals surface area contributed by atoms with Crippen LogP contribution in [0.25, 0.3) is 11.0 Å². The van der Waals surface area contributed by atoms with E-state index in [9.17, 15) is 14.4 Å². The van der Waals surface area contributed by atoms with Gasteiger partial charge in [-0.25, -0.2) is 4.79 Å². The minimum Gasteiger partial charge on any atom is -0.495 e. The molecule has 8 heteroatoms. The van der Waals surface area contributed by atoms with E-state index in [1.807, 2.05) is 31.2 Å². The molecule has 0 radical (unpaired) electrons. The summed E-state index contributed by atoms with van der Waals surface area (Å²) in [7, 11) is 1.50. The summed E-state index contributed by atoms with van der Waals surface area (Å²) in [6, 6.07) is 12.4. The van der Waals surface area contributed by atoms with E-state index in [1.54, 1.807) is 22.8 Å². The lowest BCUT2D eigenvalue weighted by atomic mass is 10.2. The van der Waals surface area contributed by atoms with Gasteiger partial charge in [0.05, 0.1) is 23.8 Å². The molecule has 0 saturated heterocycles. The number of rotatable bonds is 7. The highest BCUT2D eigenvalue weighted by Gasteiger charge is 2.15. The third-order valence-corrected chi connectivity index (χ3v) is 4.47. The van der Waals surface area contributed by atoms with Crippen LogP contribution in [0, 0.1) is 0 Å². The molecule has 0 spiro atoms. The van der Waals surface area contributed by atoms with Crippen molar-refractivity contribution in [3.8, 4) is 5.75 Å². The SMILES string of the molecule is CCCn1c(=O)n(CC(=O)Nc2ccc(OC)c(NC(C)=O)c2)c2ccccc21. The number of methoxy groups -OCH3 is 1. The molecular formula is C21H24N4O4. The quantitative estimate of drug-likeness (QED) is 0.642. The second-order valence-electron chi connectivity index (χ2n) is 6.65. The number of fused-ring (bicyclic) bond motifs is 1. The first-order valence-corrected chi connectivity index (χ1v) is 9.38. The molecule has 1 heterocycles. The highest BCUT2D eigenvalue weighted by Crippen LogP contribution is 2.27. The van der Waals surface area contributed by atoms with Gasteiger partial charge < -0.3 is 15.4 Å². The molecule has 2 aromatic carbocycles. The van der Waals surface area contributed by atoms with Crippen molar-refractivity contribution in [1.82, 2.24) is 9.13 Å². The van der Waals surface area contributed by atoms with Gasteiger partial charge in [0.2, 0.25) is 11.8 Å². The summed E-state index contributed by atoms with van der Waals surface area (Å²) in [6.45, 7) is 3.87. The van der Waals surface area contributed by atoms with Gasteiger partial charge in [-0.2, -0.15) is 0 Å². The molecule has 29 heavy (non-hydrogen) atoms. The molecule has 0 atom stereocenters. The second-order valence-corrected chi connectivity index (χ2v) is 6.65. The Kier molecular flexibility index (Phi) is 6.01. The average Bonchev–Trinajstić information content (AvgIpc) is 2.94. The number of aromatic nitrogens is 2. The van der Waals surface area contributed by atoms with Gasteiger partial charge >= 0.3 is 5.69 Å². The van der Waals surface area contributed by atoms with Crippen LogP contribution in [0.4, 0.5) is 11.4 Å². The zero-order valence-electron chi connectivity index (χ0n) is 16.7. The smallest absolute Gasteiger partial charge is 0.329 e. The number of para-hydroxylation sites is 2. The normalized spacial score (nSPS) is 10.7. The number of hydrogen-bond acceptors (Lipinski definition) is 4. The highest BCUT2D eigenvalue weighted by atomic mass is 16.5.